The molecule has 32 heavy (non-hydrogen) atoms. The lowest BCUT2D eigenvalue weighted by atomic mass is 10.0. The minimum absolute atomic E-state index is 0.288. The third-order valence-corrected chi connectivity index (χ3v) is 5.02. The predicted molar refractivity (Wildman–Crippen MR) is 118 cm³/mol. The van der Waals surface area contributed by atoms with Crippen LogP contribution in [0.3, 0.4) is 0 Å². The van der Waals surface area contributed by atoms with Crippen LogP contribution < -0.4 is 10.1 Å². The van der Waals surface area contributed by atoms with Gasteiger partial charge in [0.25, 0.3) is 0 Å². The normalized spacial score (nSPS) is 11.7. The van der Waals surface area contributed by atoms with Gasteiger partial charge in [-0.1, -0.05) is 36.8 Å². The Labute approximate surface area is 185 Å². The molecule has 1 N–H and O–H groups in total. The number of amides is 1. The van der Waals surface area contributed by atoms with E-state index in [0.717, 1.165) is 22.3 Å². The molecule has 0 aliphatic rings. The van der Waals surface area contributed by atoms with E-state index in [1.165, 1.54) is 0 Å². The molecule has 9 nitrogen and oxygen atoms in total. The van der Waals surface area contributed by atoms with Crippen LogP contribution in [0.1, 0.15) is 36.8 Å². The molecule has 0 fully saturated rings. The van der Waals surface area contributed by atoms with Gasteiger partial charge in [0.15, 0.2) is 5.82 Å². The molecular formula is C23H23N7O2. The van der Waals surface area contributed by atoms with Crippen molar-refractivity contribution >= 4 is 6.09 Å². The molecule has 2 aromatic carbocycles. The molecule has 1 unspecified atom stereocenters. The van der Waals surface area contributed by atoms with Gasteiger partial charge in [-0.3, -0.25) is 0 Å². The average molecular weight is 429 g/mol. The van der Waals surface area contributed by atoms with Crippen molar-refractivity contribution < 1.29 is 9.53 Å². The monoisotopic (exact) mass is 429 g/mol. The Hall–Kier alpha value is -4.14. The molecule has 4 aromatic rings. The van der Waals surface area contributed by atoms with E-state index in [-0.39, 0.29) is 6.04 Å². The molecule has 162 valence electrons. The summed E-state index contributed by atoms with van der Waals surface area (Å²) in [5.74, 6) is 1.09. The summed E-state index contributed by atoms with van der Waals surface area (Å²) < 4.78 is 7.28. The van der Waals surface area contributed by atoms with Crippen molar-refractivity contribution in [1.29, 1.82) is 0 Å². The number of hydrogen-bond acceptors (Lipinski definition) is 7. The highest BCUT2D eigenvalue weighted by Crippen LogP contribution is 2.29. The molecule has 0 saturated carbocycles. The molecule has 1 amide bonds. The molecule has 0 aliphatic carbocycles. The van der Waals surface area contributed by atoms with Crippen LogP contribution in [0.5, 0.6) is 5.75 Å². The van der Waals surface area contributed by atoms with Gasteiger partial charge in [0.05, 0.1) is 17.9 Å². The van der Waals surface area contributed by atoms with Gasteiger partial charge in [-0.25, -0.2) is 4.79 Å². The number of ether oxygens (including phenoxy) is 1. The highest BCUT2D eigenvalue weighted by atomic mass is 16.6. The fraction of sp³-hybridized carbons (Fsp3) is 0.217. The first-order chi connectivity index (χ1) is 15.5. The Bertz CT molecular complexity index is 1210. The fourth-order valence-corrected chi connectivity index (χ4v) is 3.26. The number of benzene rings is 2. The predicted octanol–water partition coefficient (Wildman–Crippen LogP) is 3.84. The standard InChI is InChI=1S/C23H23N7O2/c1-4-22-27-28-29-30(22)20-11-19(17-7-5-15(2)6-8-17)12-21(13-20)32-23(31)26-16(3)18-9-10-24-25-14-18/h5-14,16H,4H2,1-3H3,(H,26,31). The van der Waals surface area contributed by atoms with Gasteiger partial charge in [-0.05, 0) is 59.2 Å². The summed E-state index contributed by atoms with van der Waals surface area (Å²) in [5.41, 5.74) is 4.57. The Balaban J connectivity index is 1.64. The van der Waals surface area contributed by atoms with Crippen LogP contribution in [0, 0.1) is 6.92 Å². The molecule has 4 rings (SSSR count). The number of carbonyl (C=O) groups is 1. The van der Waals surface area contributed by atoms with Crippen molar-refractivity contribution in [3.8, 4) is 22.6 Å². The lowest BCUT2D eigenvalue weighted by Gasteiger charge is -2.15. The molecule has 9 heteroatoms. The fourth-order valence-electron chi connectivity index (χ4n) is 3.26. The number of aryl methyl sites for hydroxylation is 2. The maximum absolute atomic E-state index is 12.6. The van der Waals surface area contributed by atoms with Crippen LogP contribution in [0.15, 0.2) is 60.9 Å². The van der Waals surface area contributed by atoms with Crippen LogP contribution in [-0.2, 0) is 6.42 Å². The Kier molecular flexibility index (Phi) is 6.16. The minimum atomic E-state index is -0.575. The average Bonchev–Trinajstić information content (AvgIpc) is 3.29. The van der Waals surface area contributed by atoms with E-state index in [2.05, 4.69) is 31.0 Å². The third kappa shape index (κ3) is 4.77. The zero-order valence-electron chi connectivity index (χ0n) is 18.1. The van der Waals surface area contributed by atoms with Gasteiger partial charge in [0, 0.05) is 18.7 Å². The van der Waals surface area contributed by atoms with E-state index in [9.17, 15) is 4.79 Å². The Morgan fingerprint density at radius 1 is 1.09 bits per heavy atom. The minimum Gasteiger partial charge on any atom is -0.410 e. The summed E-state index contributed by atoms with van der Waals surface area (Å²) in [6, 6.07) is 15.2. The SMILES string of the molecule is CCc1nnnn1-c1cc(OC(=O)NC(C)c2ccnnc2)cc(-c2ccc(C)cc2)c1. The van der Waals surface area contributed by atoms with Crippen LogP contribution in [0.2, 0.25) is 0 Å². The first-order valence-electron chi connectivity index (χ1n) is 10.3. The third-order valence-electron chi connectivity index (χ3n) is 5.02. The number of carbonyl (C=O) groups excluding carboxylic acids is 1. The molecular weight excluding hydrogens is 406 g/mol. The summed E-state index contributed by atoms with van der Waals surface area (Å²) >= 11 is 0. The van der Waals surface area contributed by atoms with Gasteiger partial charge in [0.2, 0.25) is 0 Å². The highest BCUT2D eigenvalue weighted by molar-refractivity contribution is 5.74. The smallest absolute Gasteiger partial charge is 0.410 e. The van der Waals surface area contributed by atoms with Crippen LogP contribution >= 0.6 is 0 Å². The lowest BCUT2D eigenvalue weighted by Crippen LogP contribution is -2.29. The molecule has 0 radical (unpaired) electrons. The summed E-state index contributed by atoms with van der Waals surface area (Å²) in [7, 11) is 0. The van der Waals surface area contributed by atoms with E-state index in [1.807, 2.05) is 57.2 Å². The van der Waals surface area contributed by atoms with Crippen LogP contribution in [0.25, 0.3) is 16.8 Å². The van der Waals surface area contributed by atoms with Crippen LogP contribution in [-0.4, -0.2) is 36.5 Å². The molecule has 0 spiro atoms. The largest absolute Gasteiger partial charge is 0.413 e. The molecule has 2 aromatic heterocycles. The number of rotatable bonds is 6. The van der Waals surface area contributed by atoms with Gasteiger partial charge in [0.1, 0.15) is 5.75 Å². The highest BCUT2D eigenvalue weighted by Gasteiger charge is 2.15. The number of aromatic nitrogens is 6. The van der Waals surface area contributed by atoms with Crippen molar-refractivity contribution in [2.75, 3.05) is 0 Å². The number of nitrogens with one attached hydrogen (secondary N) is 1. The van der Waals surface area contributed by atoms with E-state index in [4.69, 9.17) is 4.74 Å². The first-order valence-corrected chi connectivity index (χ1v) is 10.3. The van der Waals surface area contributed by atoms with Crippen molar-refractivity contribution in [3.05, 3.63) is 77.9 Å². The second-order valence-electron chi connectivity index (χ2n) is 7.37. The topological polar surface area (TPSA) is 108 Å². The molecule has 1 atom stereocenters. The summed E-state index contributed by atoms with van der Waals surface area (Å²) in [4.78, 5) is 12.6. The zero-order chi connectivity index (χ0) is 22.5. The maximum Gasteiger partial charge on any atom is 0.413 e. The van der Waals surface area contributed by atoms with E-state index in [0.29, 0.717) is 23.7 Å². The lowest BCUT2D eigenvalue weighted by molar-refractivity contribution is 0.197. The number of nitrogens with zero attached hydrogens (tertiary/aromatic N) is 6. The number of hydrogen-bond donors (Lipinski definition) is 1. The molecule has 0 aliphatic heterocycles. The summed E-state index contributed by atoms with van der Waals surface area (Å²) in [5, 5.41) is 22.3. The van der Waals surface area contributed by atoms with Crippen molar-refractivity contribution in [2.24, 2.45) is 0 Å². The Morgan fingerprint density at radius 3 is 2.62 bits per heavy atom. The molecule has 0 bridgehead atoms. The first kappa shape index (κ1) is 21.1. The van der Waals surface area contributed by atoms with Gasteiger partial charge < -0.3 is 10.1 Å². The molecule has 2 heterocycles. The maximum atomic E-state index is 12.6. The number of tetrazole rings is 1. The van der Waals surface area contributed by atoms with E-state index >= 15 is 0 Å². The van der Waals surface area contributed by atoms with Crippen molar-refractivity contribution in [1.82, 2.24) is 35.7 Å². The van der Waals surface area contributed by atoms with Crippen molar-refractivity contribution in [2.45, 2.75) is 33.2 Å². The quantitative estimate of drug-likeness (QED) is 0.496. The van der Waals surface area contributed by atoms with E-state index in [1.54, 1.807) is 29.2 Å². The summed E-state index contributed by atoms with van der Waals surface area (Å²) in [6.45, 7) is 5.86. The van der Waals surface area contributed by atoms with Gasteiger partial charge >= 0.3 is 6.09 Å². The van der Waals surface area contributed by atoms with Crippen molar-refractivity contribution in [3.63, 3.8) is 0 Å². The van der Waals surface area contributed by atoms with Gasteiger partial charge in [-0.2, -0.15) is 14.9 Å². The van der Waals surface area contributed by atoms with E-state index < -0.39 is 6.09 Å². The second kappa shape index (κ2) is 9.34. The second-order valence-corrected chi connectivity index (χ2v) is 7.37. The Morgan fingerprint density at radius 2 is 1.91 bits per heavy atom. The summed E-state index contributed by atoms with van der Waals surface area (Å²) in [6.07, 6.45) is 3.27. The zero-order valence-corrected chi connectivity index (χ0v) is 18.1. The molecule has 0 saturated heterocycles. The van der Waals surface area contributed by atoms with Gasteiger partial charge in [-0.15, -0.1) is 5.10 Å². The van der Waals surface area contributed by atoms with Crippen LogP contribution in [0.4, 0.5) is 4.79 Å².